The molecule has 21 heavy (non-hydrogen) atoms. The first-order valence-corrected chi connectivity index (χ1v) is 7.67. The van der Waals surface area contributed by atoms with Crippen molar-refractivity contribution in [2.45, 2.75) is 52.9 Å². The number of hydrogen-bond donors (Lipinski definition) is 2. The topological polar surface area (TPSA) is 72.2 Å². The molecule has 0 aliphatic heterocycles. The van der Waals surface area contributed by atoms with Crippen LogP contribution in [0.5, 0.6) is 0 Å². The second-order valence-electron chi connectivity index (χ2n) is 4.71. The molecule has 0 aromatic rings. The number of hydrogen-bond acceptors (Lipinski definition) is 3. The van der Waals surface area contributed by atoms with Crippen LogP contribution < -0.4 is 11.1 Å². The van der Waals surface area contributed by atoms with E-state index < -0.39 is 0 Å². The summed E-state index contributed by atoms with van der Waals surface area (Å²) in [5.41, 5.74) is 7.59. The van der Waals surface area contributed by atoms with Gasteiger partial charge in [0.15, 0.2) is 0 Å². The molecule has 4 nitrogen and oxygen atoms in total. The van der Waals surface area contributed by atoms with Crippen LogP contribution in [0.3, 0.4) is 0 Å². The van der Waals surface area contributed by atoms with Gasteiger partial charge in [0.1, 0.15) is 5.78 Å². The smallest absolute Gasteiger partial charge is 0.220 e. The third kappa shape index (κ3) is 10.6. The predicted molar refractivity (Wildman–Crippen MR) is 87.6 cm³/mol. The lowest BCUT2D eigenvalue weighted by Crippen LogP contribution is -2.24. The lowest BCUT2D eigenvalue weighted by atomic mass is 10.1. The van der Waals surface area contributed by atoms with E-state index in [1.165, 1.54) is 0 Å². The molecule has 0 bridgehead atoms. The Labute approximate surface area is 128 Å². The van der Waals surface area contributed by atoms with Crippen molar-refractivity contribution in [2.24, 2.45) is 5.73 Å². The normalized spacial score (nSPS) is 13.3. The largest absolute Gasteiger partial charge is 0.399 e. The first kappa shape index (κ1) is 19.2. The van der Waals surface area contributed by atoms with Gasteiger partial charge in [0, 0.05) is 25.1 Å². The summed E-state index contributed by atoms with van der Waals surface area (Å²) < 4.78 is 0. The molecule has 0 saturated carbocycles. The highest BCUT2D eigenvalue weighted by Crippen LogP contribution is 2.12. The Morgan fingerprint density at radius 2 is 1.90 bits per heavy atom. The molecule has 1 aliphatic carbocycles. The highest BCUT2D eigenvalue weighted by atomic mass is 16.1. The van der Waals surface area contributed by atoms with Gasteiger partial charge < -0.3 is 15.8 Å². The highest BCUT2D eigenvalue weighted by molar-refractivity contribution is 5.77. The van der Waals surface area contributed by atoms with Gasteiger partial charge in [0.05, 0.1) is 0 Å². The molecule has 0 saturated heterocycles. The van der Waals surface area contributed by atoms with Gasteiger partial charge in [-0.1, -0.05) is 37.6 Å². The molecule has 3 N–H and O–H groups in total. The number of rotatable bonds is 7. The van der Waals surface area contributed by atoms with Crippen molar-refractivity contribution in [1.29, 1.82) is 0 Å². The molecule has 1 aliphatic rings. The number of amides is 1. The fourth-order valence-corrected chi connectivity index (χ4v) is 1.78. The minimum absolute atomic E-state index is 0.0306. The lowest BCUT2D eigenvalue weighted by molar-refractivity contribution is -0.121. The molecule has 0 fully saturated rings. The van der Waals surface area contributed by atoms with E-state index in [1.54, 1.807) is 6.92 Å². The Bertz CT molecular complexity index is 421. The minimum Gasteiger partial charge on any atom is -0.399 e. The average molecular weight is 292 g/mol. The molecule has 118 valence electrons. The minimum atomic E-state index is 0.0306. The molecule has 4 heteroatoms. The lowest BCUT2D eigenvalue weighted by Gasteiger charge is -2.05. The van der Waals surface area contributed by atoms with Gasteiger partial charge in [0.2, 0.25) is 5.91 Å². The van der Waals surface area contributed by atoms with E-state index in [9.17, 15) is 9.59 Å². The fourth-order valence-electron chi connectivity index (χ4n) is 1.78. The van der Waals surface area contributed by atoms with Crippen molar-refractivity contribution in [3.05, 3.63) is 35.6 Å². The third-order valence-electron chi connectivity index (χ3n) is 2.89. The van der Waals surface area contributed by atoms with Gasteiger partial charge in [-0.3, -0.25) is 4.79 Å². The summed E-state index contributed by atoms with van der Waals surface area (Å²) in [7, 11) is 0. The SMILES string of the molecule is CC.CC(=O)CCCNC(=O)CCC1=CCC=C(N)C=C1. The Kier molecular flexibility index (Phi) is 10.9. The van der Waals surface area contributed by atoms with Crippen LogP contribution in [-0.2, 0) is 9.59 Å². The summed E-state index contributed by atoms with van der Waals surface area (Å²) >= 11 is 0. The summed E-state index contributed by atoms with van der Waals surface area (Å²) in [6.45, 7) is 6.13. The van der Waals surface area contributed by atoms with Crippen molar-refractivity contribution < 1.29 is 9.59 Å². The zero-order valence-corrected chi connectivity index (χ0v) is 13.4. The Morgan fingerprint density at radius 3 is 2.57 bits per heavy atom. The monoisotopic (exact) mass is 292 g/mol. The molecular formula is C17H28N2O2. The van der Waals surface area contributed by atoms with E-state index in [0.29, 0.717) is 25.8 Å². The quantitative estimate of drug-likeness (QED) is 0.708. The van der Waals surface area contributed by atoms with Crippen molar-refractivity contribution >= 4 is 11.7 Å². The van der Waals surface area contributed by atoms with E-state index >= 15 is 0 Å². The molecule has 0 unspecified atom stereocenters. The van der Waals surface area contributed by atoms with Gasteiger partial charge >= 0.3 is 0 Å². The number of nitrogens with two attached hydrogens (primary N) is 1. The first-order chi connectivity index (χ1) is 10.1. The van der Waals surface area contributed by atoms with Crippen molar-refractivity contribution in [3.63, 3.8) is 0 Å². The van der Waals surface area contributed by atoms with E-state index in [4.69, 9.17) is 5.73 Å². The third-order valence-corrected chi connectivity index (χ3v) is 2.89. The number of ketones is 1. The van der Waals surface area contributed by atoms with E-state index in [-0.39, 0.29) is 11.7 Å². The van der Waals surface area contributed by atoms with Crippen LogP contribution in [0.25, 0.3) is 0 Å². The summed E-state index contributed by atoms with van der Waals surface area (Å²) in [6.07, 6.45) is 11.1. The summed E-state index contributed by atoms with van der Waals surface area (Å²) in [5, 5.41) is 2.82. The van der Waals surface area contributed by atoms with Crippen LogP contribution in [-0.4, -0.2) is 18.2 Å². The predicted octanol–water partition coefficient (Wildman–Crippen LogP) is 3.01. The molecule has 0 aromatic carbocycles. The van der Waals surface area contributed by atoms with Crippen LogP contribution in [0.15, 0.2) is 35.6 Å². The molecule has 0 atom stereocenters. The Hall–Kier alpha value is -1.84. The van der Waals surface area contributed by atoms with Crippen LogP contribution in [0.4, 0.5) is 0 Å². The average Bonchev–Trinajstić information content (AvgIpc) is 2.68. The van der Waals surface area contributed by atoms with Crippen molar-refractivity contribution in [1.82, 2.24) is 5.32 Å². The Balaban J connectivity index is 0.00000191. The van der Waals surface area contributed by atoms with E-state index in [1.807, 2.05) is 32.1 Å². The molecule has 0 radical (unpaired) electrons. The summed E-state index contributed by atoms with van der Waals surface area (Å²) in [4.78, 5) is 22.3. The maximum atomic E-state index is 11.6. The van der Waals surface area contributed by atoms with Gasteiger partial charge in [-0.2, -0.15) is 0 Å². The molecule has 1 amide bonds. The standard InChI is InChI=1S/C15H22N2O2.C2H6/c1-12(18)4-3-11-17-15(19)10-8-13-5-2-6-14(16)9-7-13;1-2/h5-7,9H,2-4,8,10-11,16H2,1H3,(H,17,19);1-2H3. The highest BCUT2D eigenvalue weighted by Gasteiger charge is 2.03. The molecule has 0 spiro atoms. The summed E-state index contributed by atoms with van der Waals surface area (Å²) in [6, 6.07) is 0. The van der Waals surface area contributed by atoms with Gasteiger partial charge in [-0.15, -0.1) is 0 Å². The van der Waals surface area contributed by atoms with Crippen molar-refractivity contribution in [2.75, 3.05) is 6.54 Å². The zero-order valence-electron chi connectivity index (χ0n) is 13.4. The maximum absolute atomic E-state index is 11.6. The number of carbonyl (C=O) groups excluding carboxylic acids is 2. The second kappa shape index (κ2) is 11.9. The van der Waals surface area contributed by atoms with Gasteiger partial charge in [-0.05, 0) is 32.3 Å². The summed E-state index contributed by atoms with van der Waals surface area (Å²) in [5.74, 6) is 0.191. The Morgan fingerprint density at radius 1 is 1.19 bits per heavy atom. The number of nitrogens with one attached hydrogen (secondary N) is 1. The van der Waals surface area contributed by atoms with Crippen molar-refractivity contribution in [3.8, 4) is 0 Å². The van der Waals surface area contributed by atoms with Crippen LogP contribution >= 0.6 is 0 Å². The molecule has 0 heterocycles. The van der Waals surface area contributed by atoms with E-state index in [0.717, 1.165) is 24.1 Å². The fraction of sp³-hybridized carbons (Fsp3) is 0.529. The first-order valence-electron chi connectivity index (χ1n) is 7.67. The van der Waals surface area contributed by atoms with Crippen LogP contribution in [0.2, 0.25) is 0 Å². The number of Topliss-reactive ketones (excluding diaryl/α,β-unsaturated/α-hetero) is 1. The van der Waals surface area contributed by atoms with Crippen LogP contribution in [0, 0.1) is 0 Å². The zero-order chi connectivity index (χ0) is 16.1. The number of carbonyl (C=O) groups is 2. The molecule has 1 rings (SSSR count). The van der Waals surface area contributed by atoms with Gasteiger partial charge in [-0.25, -0.2) is 0 Å². The maximum Gasteiger partial charge on any atom is 0.220 e. The number of allylic oxidation sites excluding steroid dienone is 5. The molecular weight excluding hydrogens is 264 g/mol. The molecule has 0 aromatic heterocycles. The van der Waals surface area contributed by atoms with Gasteiger partial charge in [0.25, 0.3) is 0 Å². The second-order valence-corrected chi connectivity index (χ2v) is 4.71. The van der Waals surface area contributed by atoms with Crippen LogP contribution in [0.1, 0.15) is 52.9 Å². The van der Waals surface area contributed by atoms with E-state index in [2.05, 4.69) is 11.4 Å².